The molecule has 0 bridgehead atoms. The lowest BCUT2D eigenvalue weighted by molar-refractivity contribution is 0.146. The Balaban J connectivity index is 3.10. The second-order valence-corrected chi connectivity index (χ2v) is 3.97. The third kappa shape index (κ3) is 2.44. The molecule has 78 valence electrons. The zero-order valence-electron chi connectivity index (χ0n) is 7.93. The van der Waals surface area contributed by atoms with Crippen molar-refractivity contribution >= 4 is 15.9 Å². The number of hydrogen-bond donors (Lipinski definition) is 0. The SMILES string of the molecule is COc1ccc(C)cc1C(Br)C(F)F. The van der Waals surface area contributed by atoms with Gasteiger partial charge in [-0.05, 0) is 13.0 Å². The summed E-state index contributed by atoms with van der Waals surface area (Å²) in [5, 5.41) is 0. The highest BCUT2D eigenvalue weighted by Crippen LogP contribution is 2.36. The molecule has 14 heavy (non-hydrogen) atoms. The lowest BCUT2D eigenvalue weighted by Gasteiger charge is -2.14. The summed E-state index contributed by atoms with van der Waals surface area (Å²) in [6.45, 7) is 1.86. The minimum atomic E-state index is -2.44. The van der Waals surface area contributed by atoms with E-state index in [4.69, 9.17) is 4.74 Å². The van der Waals surface area contributed by atoms with Crippen molar-refractivity contribution in [1.29, 1.82) is 0 Å². The van der Waals surface area contributed by atoms with Gasteiger partial charge in [-0.2, -0.15) is 0 Å². The van der Waals surface area contributed by atoms with Crippen LogP contribution >= 0.6 is 15.9 Å². The van der Waals surface area contributed by atoms with Crippen LogP contribution in [0.5, 0.6) is 5.75 Å². The summed E-state index contributed by atoms with van der Waals surface area (Å²) in [5.74, 6) is 0.484. The number of aryl methyl sites for hydroxylation is 1. The Kier molecular flexibility index (Phi) is 3.86. The van der Waals surface area contributed by atoms with Crippen LogP contribution in [0.1, 0.15) is 16.0 Å². The molecule has 0 aliphatic rings. The van der Waals surface area contributed by atoms with Crippen LogP contribution in [0.15, 0.2) is 18.2 Å². The van der Waals surface area contributed by atoms with E-state index in [0.29, 0.717) is 11.3 Å². The van der Waals surface area contributed by atoms with Crippen LogP contribution in [0.2, 0.25) is 0 Å². The van der Waals surface area contributed by atoms with Crippen molar-refractivity contribution < 1.29 is 13.5 Å². The van der Waals surface area contributed by atoms with Gasteiger partial charge in [0.2, 0.25) is 0 Å². The van der Waals surface area contributed by atoms with Gasteiger partial charge in [0.25, 0.3) is 6.43 Å². The molecule has 1 aromatic rings. The fraction of sp³-hybridized carbons (Fsp3) is 0.400. The summed E-state index contributed by atoms with van der Waals surface area (Å²) in [5.41, 5.74) is 1.42. The van der Waals surface area contributed by atoms with Crippen molar-refractivity contribution in [1.82, 2.24) is 0 Å². The van der Waals surface area contributed by atoms with Crippen molar-refractivity contribution in [2.75, 3.05) is 7.11 Å². The first-order chi connectivity index (χ1) is 6.56. The Morgan fingerprint density at radius 1 is 1.36 bits per heavy atom. The molecule has 0 heterocycles. The Bertz CT molecular complexity index is 315. The zero-order valence-corrected chi connectivity index (χ0v) is 9.51. The molecule has 1 rings (SSSR count). The van der Waals surface area contributed by atoms with E-state index in [-0.39, 0.29) is 0 Å². The Morgan fingerprint density at radius 3 is 2.50 bits per heavy atom. The van der Waals surface area contributed by atoms with E-state index in [1.165, 1.54) is 7.11 Å². The number of methoxy groups -OCH3 is 1. The van der Waals surface area contributed by atoms with E-state index >= 15 is 0 Å². The van der Waals surface area contributed by atoms with Gasteiger partial charge in [0.05, 0.1) is 7.11 Å². The van der Waals surface area contributed by atoms with Crippen LogP contribution in [0.4, 0.5) is 8.78 Å². The third-order valence-corrected chi connectivity index (χ3v) is 2.80. The number of halogens is 3. The van der Waals surface area contributed by atoms with E-state index in [1.807, 2.05) is 13.0 Å². The molecule has 0 saturated heterocycles. The fourth-order valence-corrected chi connectivity index (χ4v) is 1.56. The molecule has 0 radical (unpaired) electrons. The molecule has 1 unspecified atom stereocenters. The van der Waals surface area contributed by atoms with Gasteiger partial charge >= 0.3 is 0 Å². The molecular weight excluding hydrogens is 254 g/mol. The minimum absolute atomic E-state index is 0.484. The van der Waals surface area contributed by atoms with E-state index in [1.54, 1.807) is 12.1 Å². The number of rotatable bonds is 3. The molecule has 1 aromatic carbocycles. The molecular formula is C10H11BrF2O. The van der Waals surface area contributed by atoms with E-state index in [0.717, 1.165) is 5.56 Å². The van der Waals surface area contributed by atoms with Crippen LogP contribution < -0.4 is 4.74 Å². The molecule has 0 N–H and O–H groups in total. The summed E-state index contributed by atoms with van der Waals surface area (Å²) in [7, 11) is 1.47. The van der Waals surface area contributed by atoms with Crippen LogP contribution in [-0.2, 0) is 0 Å². The molecule has 0 saturated carbocycles. The van der Waals surface area contributed by atoms with Gasteiger partial charge in [-0.15, -0.1) is 0 Å². The first-order valence-electron chi connectivity index (χ1n) is 4.13. The fourth-order valence-electron chi connectivity index (χ4n) is 1.21. The normalized spacial score (nSPS) is 13.0. The molecule has 1 atom stereocenters. The van der Waals surface area contributed by atoms with Gasteiger partial charge in [-0.1, -0.05) is 33.6 Å². The maximum atomic E-state index is 12.5. The average molecular weight is 265 g/mol. The maximum Gasteiger partial charge on any atom is 0.255 e. The van der Waals surface area contributed by atoms with Crippen molar-refractivity contribution in [2.24, 2.45) is 0 Å². The van der Waals surface area contributed by atoms with Gasteiger partial charge in [-0.25, -0.2) is 8.78 Å². The molecule has 0 spiro atoms. The maximum absolute atomic E-state index is 12.5. The highest BCUT2D eigenvalue weighted by molar-refractivity contribution is 9.09. The largest absolute Gasteiger partial charge is 0.496 e. The minimum Gasteiger partial charge on any atom is -0.496 e. The summed E-state index contributed by atoms with van der Waals surface area (Å²) in [6.07, 6.45) is -2.44. The standard InChI is InChI=1S/C10H11BrF2O/c1-6-3-4-8(14-2)7(5-6)9(11)10(12)13/h3-5,9-10H,1-2H3. The first-order valence-corrected chi connectivity index (χ1v) is 5.04. The summed E-state index contributed by atoms with van der Waals surface area (Å²) < 4.78 is 29.9. The summed E-state index contributed by atoms with van der Waals surface area (Å²) >= 11 is 2.95. The quantitative estimate of drug-likeness (QED) is 0.757. The summed E-state index contributed by atoms with van der Waals surface area (Å²) in [6, 6.07) is 5.22. The molecule has 0 aliphatic heterocycles. The van der Waals surface area contributed by atoms with Crippen molar-refractivity contribution in [3.63, 3.8) is 0 Å². The second-order valence-electron chi connectivity index (χ2n) is 2.98. The smallest absolute Gasteiger partial charge is 0.255 e. The molecule has 4 heteroatoms. The Hall–Kier alpha value is -0.640. The first kappa shape index (κ1) is 11.4. The van der Waals surface area contributed by atoms with E-state index < -0.39 is 11.3 Å². The number of hydrogen-bond acceptors (Lipinski definition) is 1. The molecule has 1 nitrogen and oxygen atoms in total. The van der Waals surface area contributed by atoms with Crippen molar-refractivity contribution in [2.45, 2.75) is 18.2 Å². The number of alkyl halides is 3. The van der Waals surface area contributed by atoms with Crippen LogP contribution in [0.3, 0.4) is 0 Å². The predicted molar refractivity (Wildman–Crippen MR) is 55.4 cm³/mol. The van der Waals surface area contributed by atoms with Gasteiger partial charge < -0.3 is 4.74 Å². The second kappa shape index (κ2) is 4.73. The average Bonchev–Trinajstić information content (AvgIpc) is 2.16. The highest BCUT2D eigenvalue weighted by Gasteiger charge is 2.22. The van der Waals surface area contributed by atoms with Crippen LogP contribution in [0.25, 0.3) is 0 Å². The van der Waals surface area contributed by atoms with Gasteiger partial charge in [0, 0.05) is 5.56 Å². The van der Waals surface area contributed by atoms with Crippen LogP contribution in [-0.4, -0.2) is 13.5 Å². The van der Waals surface area contributed by atoms with Gasteiger partial charge in [0.1, 0.15) is 10.6 Å². The van der Waals surface area contributed by atoms with Gasteiger partial charge in [-0.3, -0.25) is 0 Å². The number of benzene rings is 1. The zero-order chi connectivity index (χ0) is 10.7. The number of ether oxygens (including phenoxy) is 1. The molecule has 0 fully saturated rings. The topological polar surface area (TPSA) is 9.23 Å². The Labute approximate surface area is 90.2 Å². The third-order valence-electron chi connectivity index (χ3n) is 1.90. The highest BCUT2D eigenvalue weighted by atomic mass is 79.9. The molecule has 0 aromatic heterocycles. The van der Waals surface area contributed by atoms with E-state index in [2.05, 4.69) is 15.9 Å². The molecule has 0 aliphatic carbocycles. The lowest BCUT2D eigenvalue weighted by atomic mass is 10.1. The monoisotopic (exact) mass is 264 g/mol. The Morgan fingerprint density at radius 2 is 2.00 bits per heavy atom. The summed E-state index contributed by atoms with van der Waals surface area (Å²) in [4.78, 5) is -0.975. The molecule has 0 amide bonds. The van der Waals surface area contributed by atoms with Gasteiger partial charge in [0.15, 0.2) is 0 Å². The van der Waals surface area contributed by atoms with E-state index in [9.17, 15) is 8.78 Å². The lowest BCUT2D eigenvalue weighted by Crippen LogP contribution is -2.04. The van der Waals surface area contributed by atoms with Crippen LogP contribution in [0, 0.1) is 6.92 Å². The predicted octanol–water partition coefficient (Wildman–Crippen LogP) is 3.70. The van der Waals surface area contributed by atoms with Crippen molar-refractivity contribution in [3.05, 3.63) is 29.3 Å². The van der Waals surface area contributed by atoms with Crippen molar-refractivity contribution in [3.8, 4) is 5.75 Å².